The third-order valence-electron chi connectivity index (χ3n) is 4.13. The Labute approximate surface area is 156 Å². The van der Waals surface area contributed by atoms with Crippen molar-refractivity contribution in [2.45, 2.75) is 4.90 Å². The monoisotopic (exact) mass is 390 g/mol. The third-order valence-corrected chi connectivity index (χ3v) is 6.31. The summed E-state index contributed by atoms with van der Waals surface area (Å²) in [6, 6.07) is 11.1. The van der Waals surface area contributed by atoms with E-state index in [1.54, 1.807) is 23.1 Å². The summed E-state index contributed by atoms with van der Waals surface area (Å²) in [5.74, 6) is -0.219. The highest BCUT2D eigenvalue weighted by molar-refractivity contribution is 7.89. The van der Waals surface area contributed by atoms with Crippen LogP contribution in [0.15, 0.2) is 47.5 Å². The Morgan fingerprint density at radius 3 is 2.42 bits per heavy atom. The van der Waals surface area contributed by atoms with Gasteiger partial charge in [-0.05, 0) is 24.3 Å². The van der Waals surface area contributed by atoms with Crippen LogP contribution in [0.3, 0.4) is 0 Å². The van der Waals surface area contributed by atoms with Crippen LogP contribution in [-0.2, 0) is 10.0 Å². The molecule has 1 fully saturated rings. The molecule has 7 nitrogen and oxygen atoms in total. The van der Waals surface area contributed by atoms with Crippen molar-refractivity contribution in [1.82, 2.24) is 14.2 Å². The molecule has 2 aromatic rings. The van der Waals surface area contributed by atoms with E-state index in [0.717, 1.165) is 0 Å². The molecule has 2 heterocycles. The molecule has 1 aromatic heterocycles. The average molecular weight is 391 g/mol. The maximum absolute atomic E-state index is 12.8. The number of carbonyl (C=O) groups excluding carboxylic acids is 1. The summed E-state index contributed by atoms with van der Waals surface area (Å²) in [7, 11) is -3.78. The van der Waals surface area contributed by atoms with Gasteiger partial charge in [0.15, 0.2) is 0 Å². The van der Waals surface area contributed by atoms with E-state index >= 15 is 0 Å². The molecule has 9 heteroatoms. The lowest BCUT2D eigenvalue weighted by atomic mass is 10.2. The number of sulfonamides is 1. The van der Waals surface area contributed by atoms with Crippen molar-refractivity contribution in [1.29, 1.82) is 5.26 Å². The minimum Gasteiger partial charge on any atom is -0.336 e. The van der Waals surface area contributed by atoms with Crippen LogP contribution in [-0.4, -0.2) is 54.7 Å². The Bertz CT molecular complexity index is 962. The number of halogens is 1. The number of piperazine rings is 1. The average Bonchev–Trinajstić information content (AvgIpc) is 2.68. The van der Waals surface area contributed by atoms with Gasteiger partial charge in [-0.25, -0.2) is 13.4 Å². The summed E-state index contributed by atoms with van der Waals surface area (Å²) in [4.78, 5) is 17.9. The fraction of sp³-hybridized carbons (Fsp3) is 0.235. The summed E-state index contributed by atoms with van der Waals surface area (Å²) < 4.78 is 26.9. The van der Waals surface area contributed by atoms with Gasteiger partial charge in [-0.3, -0.25) is 4.79 Å². The lowest BCUT2D eigenvalue weighted by Crippen LogP contribution is -2.50. The molecule has 0 N–H and O–H groups in total. The predicted octanol–water partition coefficient (Wildman–Crippen LogP) is 1.75. The van der Waals surface area contributed by atoms with Crippen LogP contribution in [0.4, 0.5) is 0 Å². The number of hydrogen-bond donors (Lipinski definition) is 0. The molecule has 0 saturated carbocycles. The minimum atomic E-state index is -3.78. The van der Waals surface area contributed by atoms with Crippen molar-refractivity contribution >= 4 is 27.5 Å². The first-order chi connectivity index (χ1) is 12.4. The Hall–Kier alpha value is -2.47. The Kier molecular flexibility index (Phi) is 5.23. The van der Waals surface area contributed by atoms with Gasteiger partial charge in [0.1, 0.15) is 11.2 Å². The SMILES string of the molecule is N#Cc1ccccc1S(=O)(=O)N1CCN(C(=O)c2ccc(Cl)nc2)CC1. The lowest BCUT2D eigenvalue weighted by molar-refractivity contribution is 0.0697. The first-order valence-corrected chi connectivity index (χ1v) is 9.65. The second-order valence-corrected chi connectivity index (χ2v) is 7.97. The van der Waals surface area contributed by atoms with Gasteiger partial charge in [-0.1, -0.05) is 23.7 Å². The van der Waals surface area contributed by atoms with Crippen molar-refractivity contribution in [3.8, 4) is 6.07 Å². The van der Waals surface area contributed by atoms with E-state index in [4.69, 9.17) is 16.9 Å². The second-order valence-electron chi connectivity index (χ2n) is 5.67. The number of rotatable bonds is 3. The third kappa shape index (κ3) is 3.55. The number of benzene rings is 1. The van der Waals surface area contributed by atoms with Crippen LogP contribution < -0.4 is 0 Å². The van der Waals surface area contributed by atoms with Gasteiger partial charge in [0.25, 0.3) is 5.91 Å². The van der Waals surface area contributed by atoms with Crippen molar-refractivity contribution in [3.05, 3.63) is 58.9 Å². The predicted molar refractivity (Wildman–Crippen MR) is 95.1 cm³/mol. The van der Waals surface area contributed by atoms with Crippen LogP contribution in [0, 0.1) is 11.3 Å². The fourth-order valence-corrected chi connectivity index (χ4v) is 4.42. The van der Waals surface area contributed by atoms with Gasteiger partial charge in [0.05, 0.1) is 16.0 Å². The van der Waals surface area contributed by atoms with Crippen molar-refractivity contribution in [3.63, 3.8) is 0 Å². The van der Waals surface area contributed by atoms with Crippen LogP contribution in [0.5, 0.6) is 0 Å². The highest BCUT2D eigenvalue weighted by Gasteiger charge is 2.31. The number of nitriles is 1. The van der Waals surface area contributed by atoms with Crippen molar-refractivity contribution in [2.75, 3.05) is 26.2 Å². The summed E-state index contributed by atoms with van der Waals surface area (Å²) >= 11 is 5.72. The topological polar surface area (TPSA) is 94.4 Å². The number of pyridine rings is 1. The standard InChI is InChI=1S/C17H15ClN4O3S/c18-16-6-5-14(12-20-16)17(23)21-7-9-22(10-8-21)26(24,25)15-4-2-1-3-13(15)11-19/h1-6,12H,7-10H2. The van der Waals surface area contributed by atoms with E-state index in [-0.39, 0.29) is 42.5 Å². The van der Waals surface area contributed by atoms with Gasteiger partial charge in [-0.15, -0.1) is 0 Å². The molecule has 26 heavy (non-hydrogen) atoms. The maximum Gasteiger partial charge on any atom is 0.255 e. The molecule has 0 aliphatic carbocycles. The normalized spacial score (nSPS) is 15.5. The molecule has 1 aliphatic heterocycles. The van der Waals surface area contributed by atoms with Crippen molar-refractivity contribution in [2.24, 2.45) is 0 Å². The molecule has 0 atom stereocenters. The smallest absolute Gasteiger partial charge is 0.255 e. The molecular weight excluding hydrogens is 376 g/mol. The van der Waals surface area contributed by atoms with Crippen LogP contribution in [0.25, 0.3) is 0 Å². The summed E-state index contributed by atoms with van der Waals surface area (Å²) in [5, 5.41) is 9.44. The number of aromatic nitrogens is 1. The van der Waals surface area contributed by atoms with E-state index in [1.807, 2.05) is 6.07 Å². The summed E-state index contributed by atoms with van der Waals surface area (Å²) in [6.07, 6.45) is 1.40. The van der Waals surface area contributed by atoms with Crippen LogP contribution in [0.1, 0.15) is 15.9 Å². The van der Waals surface area contributed by atoms with Gasteiger partial charge < -0.3 is 4.90 Å². The van der Waals surface area contributed by atoms with E-state index in [2.05, 4.69) is 4.98 Å². The van der Waals surface area contributed by atoms with E-state index in [9.17, 15) is 13.2 Å². The highest BCUT2D eigenvalue weighted by atomic mass is 35.5. The minimum absolute atomic E-state index is 0.0100. The Balaban J connectivity index is 1.73. The van der Waals surface area contributed by atoms with Gasteiger partial charge in [-0.2, -0.15) is 9.57 Å². The number of hydrogen-bond acceptors (Lipinski definition) is 5. The molecule has 134 valence electrons. The zero-order chi connectivity index (χ0) is 18.7. The molecular formula is C17H15ClN4O3S. The maximum atomic E-state index is 12.8. The second kappa shape index (κ2) is 7.41. The highest BCUT2D eigenvalue weighted by Crippen LogP contribution is 2.21. The summed E-state index contributed by atoms with van der Waals surface area (Å²) in [6.45, 7) is 0.842. The Morgan fingerprint density at radius 1 is 1.12 bits per heavy atom. The quantitative estimate of drug-likeness (QED) is 0.744. The largest absolute Gasteiger partial charge is 0.336 e. The lowest BCUT2D eigenvalue weighted by Gasteiger charge is -2.34. The molecule has 0 bridgehead atoms. The zero-order valence-corrected chi connectivity index (χ0v) is 15.2. The molecule has 1 aliphatic rings. The van der Waals surface area contributed by atoms with Gasteiger partial charge >= 0.3 is 0 Å². The molecule has 0 radical (unpaired) electrons. The molecule has 3 rings (SSSR count). The molecule has 1 aromatic carbocycles. The molecule has 0 unspecified atom stereocenters. The number of carbonyl (C=O) groups is 1. The first kappa shape index (κ1) is 18.3. The first-order valence-electron chi connectivity index (χ1n) is 7.83. The number of amides is 1. The van der Waals surface area contributed by atoms with Crippen LogP contribution >= 0.6 is 11.6 Å². The molecule has 0 spiro atoms. The van der Waals surface area contributed by atoms with Gasteiger partial charge in [0.2, 0.25) is 10.0 Å². The summed E-state index contributed by atoms with van der Waals surface area (Å²) in [5.41, 5.74) is 0.513. The van der Waals surface area contributed by atoms with Crippen LogP contribution in [0.2, 0.25) is 5.15 Å². The van der Waals surface area contributed by atoms with E-state index in [0.29, 0.717) is 10.7 Å². The van der Waals surface area contributed by atoms with E-state index in [1.165, 1.54) is 28.7 Å². The molecule has 1 saturated heterocycles. The van der Waals surface area contributed by atoms with E-state index < -0.39 is 10.0 Å². The van der Waals surface area contributed by atoms with Gasteiger partial charge in [0, 0.05) is 32.4 Å². The fourth-order valence-electron chi connectivity index (χ4n) is 2.74. The molecule has 1 amide bonds. The number of nitrogens with zero attached hydrogens (tertiary/aromatic N) is 4. The zero-order valence-electron chi connectivity index (χ0n) is 13.7. The Morgan fingerprint density at radius 2 is 1.81 bits per heavy atom. The van der Waals surface area contributed by atoms with Crippen molar-refractivity contribution < 1.29 is 13.2 Å².